The van der Waals surface area contributed by atoms with E-state index < -0.39 is 50.0 Å². The second-order valence-corrected chi connectivity index (χ2v) is 15.9. The minimum atomic E-state index is -4.81. The summed E-state index contributed by atoms with van der Waals surface area (Å²) in [7, 11) is 1.10. The van der Waals surface area contributed by atoms with Crippen molar-refractivity contribution in [2.45, 2.75) is 54.8 Å². The van der Waals surface area contributed by atoms with Crippen LogP contribution in [0.2, 0.25) is 0 Å². The van der Waals surface area contributed by atoms with Gasteiger partial charge in [-0.25, -0.2) is 13.4 Å². The van der Waals surface area contributed by atoms with Gasteiger partial charge in [0.25, 0.3) is 0 Å². The monoisotopic (exact) mass is 838 g/mol. The smallest absolute Gasteiger partial charge is 0.421 e. The summed E-state index contributed by atoms with van der Waals surface area (Å²) < 4.78 is 110. The van der Waals surface area contributed by atoms with Gasteiger partial charge in [-0.3, -0.25) is 19.1 Å². The second-order valence-electron chi connectivity index (χ2n) is 12.7. The summed E-state index contributed by atoms with van der Waals surface area (Å²) >= 11 is 10.6. The van der Waals surface area contributed by atoms with Crippen molar-refractivity contribution in [2.75, 3.05) is 51.5 Å². The molecule has 1 aromatic heterocycles. The number of anilines is 4. The number of aromatic nitrogens is 2. The second kappa shape index (κ2) is 17.6. The molecule has 3 aromatic rings. The first-order chi connectivity index (χ1) is 25.6. The van der Waals surface area contributed by atoms with Crippen molar-refractivity contribution in [3.8, 4) is 5.75 Å². The highest BCUT2D eigenvalue weighted by Crippen LogP contribution is 2.38. The van der Waals surface area contributed by atoms with Crippen LogP contribution in [-0.2, 0) is 33.6 Å². The number of para-hydroxylation sites is 1. The summed E-state index contributed by atoms with van der Waals surface area (Å²) in [5, 5.41) is 4.77. The molecule has 0 fully saturated rings. The van der Waals surface area contributed by atoms with E-state index in [0.29, 0.717) is 66.9 Å². The van der Waals surface area contributed by atoms with E-state index in [1.54, 1.807) is 19.0 Å². The molecule has 12 nitrogen and oxygen atoms in total. The molecule has 0 spiro atoms. The van der Waals surface area contributed by atoms with Crippen molar-refractivity contribution in [1.82, 2.24) is 24.2 Å². The van der Waals surface area contributed by atoms with Gasteiger partial charge < -0.3 is 20.3 Å². The molecule has 1 atom stereocenters. The number of benzene rings is 2. The Hall–Kier alpha value is -4.33. The van der Waals surface area contributed by atoms with Gasteiger partial charge in [0, 0.05) is 57.6 Å². The Bertz CT molecular complexity index is 2030. The first-order valence-corrected chi connectivity index (χ1v) is 18.8. The first-order valence-electron chi connectivity index (χ1n) is 16.5. The third kappa shape index (κ3) is 11.1. The Morgan fingerprint density at radius 2 is 1.65 bits per heavy atom. The molecule has 0 bridgehead atoms. The van der Waals surface area contributed by atoms with Gasteiger partial charge in [-0.15, -0.1) is 0 Å². The van der Waals surface area contributed by atoms with Crippen LogP contribution in [0.3, 0.4) is 0 Å². The van der Waals surface area contributed by atoms with Crippen LogP contribution >= 0.6 is 23.4 Å². The summed E-state index contributed by atoms with van der Waals surface area (Å²) in [5.74, 6) is -0.293. The number of fused-ring (bicyclic) bond motifs is 1. The van der Waals surface area contributed by atoms with E-state index in [0.717, 1.165) is 11.1 Å². The predicted molar refractivity (Wildman–Crippen MR) is 198 cm³/mol. The van der Waals surface area contributed by atoms with Crippen molar-refractivity contribution in [2.24, 2.45) is 4.99 Å². The third-order valence-electron chi connectivity index (χ3n) is 8.31. The minimum Gasteiger partial charge on any atom is -0.495 e. The largest absolute Gasteiger partial charge is 0.495 e. The van der Waals surface area contributed by atoms with E-state index in [1.165, 1.54) is 45.2 Å². The van der Waals surface area contributed by atoms with Crippen molar-refractivity contribution in [3.63, 3.8) is 0 Å². The van der Waals surface area contributed by atoms with E-state index in [9.17, 15) is 39.6 Å². The number of carbonyl (C=O) groups excluding carboxylic acids is 1. The lowest BCUT2D eigenvalue weighted by atomic mass is 10.0. The molecule has 0 saturated carbocycles. The Labute approximate surface area is 324 Å². The number of ether oxygens (including phenoxy) is 1. The lowest BCUT2D eigenvalue weighted by molar-refractivity contribution is -0.137. The minimum absolute atomic E-state index is 0.0131. The van der Waals surface area contributed by atoms with E-state index in [1.807, 2.05) is 12.1 Å². The van der Waals surface area contributed by atoms with Gasteiger partial charge in [-0.2, -0.15) is 31.3 Å². The third-order valence-corrected chi connectivity index (χ3v) is 11.2. The SMILES string of the molecule is COc1cc2c(cc1Nc1ncc(C(F)(F)F)c(Nc3ccccc3S(=O)(=O)C(C)C)n1)CCN(CC(=O)N(C)C)CC2.FC(F)(F)C1=CN(Cl)C(Cl)N=C1. The number of halogens is 8. The van der Waals surface area contributed by atoms with Gasteiger partial charge in [0.05, 0.1) is 40.7 Å². The Morgan fingerprint density at radius 1 is 1.02 bits per heavy atom. The summed E-state index contributed by atoms with van der Waals surface area (Å²) in [4.78, 5) is 27.0. The van der Waals surface area contributed by atoms with Crippen LogP contribution in [0.5, 0.6) is 5.75 Å². The number of carbonyl (C=O) groups is 1. The molecule has 2 aromatic carbocycles. The van der Waals surface area contributed by atoms with E-state index in [4.69, 9.17) is 28.1 Å². The number of aliphatic imine (C=N–C) groups is 1. The van der Waals surface area contributed by atoms with E-state index in [-0.39, 0.29) is 22.4 Å². The predicted octanol–water partition coefficient (Wildman–Crippen LogP) is 7.16. The number of nitrogens with one attached hydrogen (secondary N) is 2. The van der Waals surface area contributed by atoms with E-state index >= 15 is 0 Å². The summed E-state index contributed by atoms with van der Waals surface area (Å²) in [5.41, 5.74) is -0.593. The highest BCUT2D eigenvalue weighted by atomic mass is 35.5. The van der Waals surface area contributed by atoms with Crippen LogP contribution in [0.25, 0.3) is 0 Å². The van der Waals surface area contributed by atoms with Gasteiger partial charge in [-0.1, -0.05) is 23.7 Å². The molecule has 2 aliphatic heterocycles. The highest BCUT2D eigenvalue weighted by molar-refractivity contribution is 7.92. The molecular formula is C34H38Cl2F6N8O4S. The van der Waals surface area contributed by atoms with Crippen LogP contribution in [0.15, 0.2) is 64.3 Å². The van der Waals surface area contributed by atoms with Crippen LogP contribution in [0.1, 0.15) is 30.5 Å². The number of sulfone groups is 1. The Balaban J connectivity index is 0.000000477. The van der Waals surface area contributed by atoms with Gasteiger partial charge in [-0.05, 0) is 62.1 Å². The van der Waals surface area contributed by atoms with Crippen molar-refractivity contribution < 1.29 is 44.3 Å². The van der Waals surface area contributed by atoms with Gasteiger partial charge in [0.2, 0.25) is 17.5 Å². The van der Waals surface area contributed by atoms with Gasteiger partial charge in [0.1, 0.15) is 17.1 Å². The molecular weight excluding hydrogens is 801 g/mol. The van der Waals surface area contributed by atoms with E-state index in [2.05, 4.69) is 30.5 Å². The number of amides is 1. The molecule has 0 radical (unpaired) electrons. The molecule has 0 saturated heterocycles. The summed E-state index contributed by atoms with van der Waals surface area (Å²) in [6, 6.07) is 9.46. The molecule has 2 N–H and O–H groups in total. The maximum absolute atomic E-state index is 14.0. The molecule has 21 heteroatoms. The van der Waals surface area contributed by atoms with Crippen LogP contribution in [0, 0.1) is 0 Å². The highest BCUT2D eigenvalue weighted by Gasteiger charge is 2.37. The maximum atomic E-state index is 14.0. The number of methoxy groups -OCH3 is 1. The standard InChI is InChI=1S/C29H35F3N6O4S.C5H3Cl2F3N2/c1-18(2)43(40,41)25-9-7-6-8-22(25)34-27-21(29(30,31)32)16-33-28(36-27)35-23-14-19-10-12-38(17-26(39)37(3)4)13-11-20(19)15-24(23)42-5;6-4-11-1-3(2-12(4)7)5(8,9)10/h6-9,14-16,18H,10-13,17H2,1-5H3,(H2,33,34,35,36);1-2,4H. The average molecular weight is 840 g/mol. The summed E-state index contributed by atoms with van der Waals surface area (Å²) in [6.07, 6.45) is -5.93. The number of allylic oxidation sites excluding steroid dienone is 1. The number of likely N-dealkylation sites (N-methyl/N-ethyl adjacent to an activating group) is 1. The molecule has 5 rings (SSSR count). The van der Waals surface area contributed by atoms with Crippen LogP contribution in [-0.4, -0.2) is 103 Å². The zero-order valence-electron chi connectivity index (χ0n) is 30.1. The zero-order chi connectivity index (χ0) is 40.9. The zero-order valence-corrected chi connectivity index (χ0v) is 32.5. The summed E-state index contributed by atoms with van der Waals surface area (Å²) in [6.45, 7) is 4.64. The molecule has 300 valence electrons. The molecule has 0 aliphatic carbocycles. The van der Waals surface area contributed by atoms with Crippen molar-refractivity contribution in [1.29, 1.82) is 0 Å². The fourth-order valence-corrected chi connectivity index (χ4v) is 6.67. The number of hydrogen-bond donors (Lipinski definition) is 2. The number of alkyl halides is 7. The van der Waals surface area contributed by atoms with Crippen molar-refractivity contribution in [3.05, 3.63) is 71.1 Å². The van der Waals surface area contributed by atoms with Crippen LogP contribution in [0.4, 0.5) is 49.5 Å². The number of rotatable bonds is 9. The first kappa shape index (κ1) is 43.4. The lowest BCUT2D eigenvalue weighted by Gasteiger charge is -2.21. The quantitative estimate of drug-likeness (QED) is 0.0991. The van der Waals surface area contributed by atoms with Crippen molar-refractivity contribution >= 4 is 68.5 Å². The molecule has 2 aliphatic rings. The van der Waals surface area contributed by atoms with Gasteiger partial charge >= 0.3 is 12.4 Å². The number of nitrogens with zero attached hydrogens (tertiary/aromatic N) is 6. The maximum Gasteiger partial charge on any atom is 0.421 e. The topological polar surface area (TPSA) is 132 Å². The average Bonchev–Trinajstić information content (AvgIpc) is 3.30. The van der Waals surface area contributed by atoms with Gasteiger partial charge in [0.15, 0.2) is 9.84 Å². The fourth-order valence-electron chi connectivity index (χ4n) is 5.20. The normalized spacial score (nSPS) is 16.4. The molecule has 55 heavy (non-hydrogen) atoms. The lowest BCUT2D eigenvalue weighted by Crippen LogP contribution is -2.37. The Morgan fingerprint density at radius 3 is 2.22 bits per heavy atom. The number of hydrogen-bond acceptors (Lipinski definition) is 11. The fraction of sp³-hybridized carbons (Fsp3) is 0.412. The Kier molecular flexibility index (Phi) is 13.9. The van der Waals surface area contributed by atoms with Crippen LogP contribution < -0.4 is 15.4 Å². The molecule has 3 heterocycles. The molecule has 1 unspecified atom stereocenters. The molecule has 1 amide bonds.